The van der Waals surface area contributed by atoms with Crippen molar-refractivity contribution in [2.45, 2.75) is 70.4 Å². The largest absolute Gasteiger partial charge is 0.489 e. The minimum atomic E-state index is -0.879. The summed E-state index contributed by atoms with van der Waals surface area (Å²) >= 11 is 0. The van der Waals surface area contributed by atoms with Gasteiger partial charge in [0.1, 0.15) is 77.3 Å². The van der Waals surface area contributed by atoms with Crippen LogP contribution in [0.25, 0.3) is 100 Å². The summed E-state index contributed by atoms with van der Waals surface area (Å²) < 4.78 is 23.6. The van der Waals surface area contributed by atoms with E-state index < -0.39 is 12.2 Å². The Hall–Kier alpha value is -11.7. The molecule has 0 radical (unpaired) electrons. The molecule has 102 heavy (non-hydrogen) atoms. The van der Waals surface area contributed by atoms with Crippen LogP contribution in [0, 0.1) is 34.0 Å². The molecule has 0 saturated carbocycles. The molecule has 514 valence electrons. The van der Waals surface area contributed by atoms with E-state index in [9.17, 15) is 30.5 Å². The summed E-state index contributed by atoms with van der Waals surface area (Å²) in [6, 6.07) is 52.1. The SMILES string of the molecule is C=C(C)c1ccc(-c2cc3c(-c4ccc(O[C@@H]5CCN(C(=O)CN)C5)c(C#N)c4)ccnc3[nH]2)cc1.CC(C)(O)c1ccc(-c2cc3c(-c4ccc(O[C@@H]5CCNC5)c(C#N)c4)ccnc3[nH]2)cc1.N#Cc1cc(-c2ccnc3[nH]c(C4=CCN(C(=O)CO)C4)cc23)ccc1OC1CCOCC1. The van der Waals surface area contributed by atoms with Gasteiger partial charge in [-0.05, 0) is 168 Å². The van der Waals surface area contributed by atoms with Gasteiger partial charge in [-0.15, -0.1) is 0 Å². The van der Waals surface area contributed by atoms with Gasteiger partial charge in [0.2, 0.25) is 11.8 Å². The van der Waals surface area contributed by atoms with E-state index in [2.05, 4.69) is 96.4 Å². The zero-order valence-corrected chi connectivity index (χ0v) is 56.9. The lowest BCUT2D eigenvalue weighted by molar-refractivity contribution is -0.132. The number of hydrogen-bond acceptors (Lipinski definition) is 16. The van der Waals surface area contributed by atoms with E-state index in [0.29, 0.717) is 79.8 Å². The topological polar surface area (TPSA) is 313 Å². The second kappa shape index (κ2) is 30.4. The second-order valence-corrected chi connectivity index (χ2v) is 26.3. The summed E-state index contributed by atoms with van der Waals surface area (Å²) in [7, 11) is 0. The van der Waals surface area contributed by atoms with Crippen LogP contribution in [0.1, 0.15) is 80.0 Å². The van der Waals surface area contributed by atoms with E-state index in [1.807, 2.05) is 116 Å². The van der Waals surface area contributed by atoms with Crippen LogP contribution in [-0.2, 0) is 19.9 Å². The molecule has 5 aromatic carbocycles. The number of aliphatic hydroxyl groups excluding tert-OH is 1. The van der Waals surface area contributed by atoms with Crippen molar-refractivity contribution >= 4 is 56.1 Å². The van der Waals surface area contributed by atoms with Gasteiger partial charge in [0.15, 0.2) is 0 Å². The molecule has 0 unspecified atom stereocenters. The fraction of sp³-hybridized carbons (Fsp3) is 0.259. The summed E-state index contributed by atoms with van der Waals surface area (Å²) in [6.45, 7) is 14.2. The van der Waals surface area contributed by atoms with Gasteiger partial charge in [0.05, 0.1) is 48.6 Å². The Kier molecular flexibility index (Phi) is 20.5. The molecule has 3 saturated heterocycles. The zero-order valence-electron chi connectivity index (χ0n) is 56.9. The highest BCUT2D eigenvalue weighted by Gasteiger charge is 2.29. The van der Waals surface area contributed by atoms with Crippen LogP contribution in [0.5, 0.6) is 17.2 Å². The first-order valence-corrected chi connectivity index (χ1v) is 34.1. The van der Waals surface area contributed by atoms with E-state index in [1.54, 1.807) is 42.2 Å². The highest BCUT2D eigenvalue weighted by atomic mass is 16.5. The van der Waals surface area contributed by atoms with Crippen LogP contribution in [0.2, 0.25) is 0 Å². The number of aromatic amines is 3. The van der Waals surface area contributed by atoms with Crippen LogP contribution < -0.4 is 25.3 Å². The number of hydrogen-bond donors (Lipinski definition) is 7. The first-order chi connectivity index (χ1) is 49.5. The second-order valence-electron chi connectivity index (χ2n) is 26.3. The zero-order chi connectivity index (χ0) is 71.0. The molecule has 21 nitrogen and oxygen atoms in total. The molecule has 2 atom stereocenters. The fourth-order valence-corrected chi connectivity index (χ4v) is 13.3. The number of likely N-dealkylation sites (tertiary alicyclic amines) is 1. The van der Waals surface area contributed by atoms with Gasteiger partial charge in [0.25, 0.3) is 0 Å². The standard InChI is InChI=1S/C29H27N5O2.C27H26N4O2.C25H24N4O4/c1-18(2)19-3-5-20(6-4-19)26-14-25-24(9-11-32-29(25)33-26)21-7-8-27(22(13-21)15-30)36-23-10-12-34(17-23)28(35)16-31;1-27(2,32)20-6-3-17(4-7-20)24-14-23-22(10-12-30-26(23)31-24)18-5-8-25(19(13-18)15-28)33-21-9-11-29-16-21;26-13-18-11-16(1-2-23(18)33-19-5-9-32-10-6-19)20-3-7-27-25-21(20)12-22(28-25)17-4-8-29(14-17)24(31)15-30/h3-9,11,13-14,23H,1,10,12,16-17,31H2,2H3,(H,32,33);3-8,10,12-14,21,29,32H,9,11,16H2,1-2H3,(H,30,31);1-4,7,11-12,19,30H,5-6,8-10,14-15H2,(H,27,28)/t23-;21-;/m11./s1. The maximum absolute atomic E-state index is 11.9. The number of aromatic nitrogens is 6. The molecule has 4 aliphatic rings. The number of amides is 2. The minimum absolute atomic E-state index is 0.00800. The maximum Gasteiger partial charge on any atom is 0.248 e. The van der Waals surface area contributed by atoms with Gasteiger partial charge in [-0.2, -0.15) is 15.8 Å². The molecule has 4 aliphatic heterocycles. The van der Waals surface area contributed by atoms with Gasteiger partial charge in [0, 0.05) is 97.3 Å². The number of carbonyl (C=O) groups excluding carboxylic acids is 2. The maximum atomic E-state index is 11.9. The number of nitrogens with zero attached hydrogens (tertiary/aromatic N) is 8. The predicted octanol–water partition coefficient (Wildman–Crippen LogP) is 12.4. The molecule has 0 aliphatic carbocycles. The quantitative estimate of drug-likeness (QED) is 0.0473. The third kappa shape index (κ3) is 15.2. The van der Waals surface area contributed by atoms with Crippen LogP contribution in [-0.4, -0.2) is 146 Å². The number of fused-ring (bicyclic) bond motifs is 3. The average Bonchev–Trinajstić information content (AvgIpc) is 1.61. The number of rotatable bonds is 16. The Morgan fingerprint density at radius 1 is 0.608 bits per heavy atom. The van der Waals surface area contributed by atoms with Gasteiger partial charge >= 0.3 is 0 Å². The number of benzene rings is 5. The minimum Gasteiger partial charge on any atom is -0.489 e. The molecule has 0 bridgehead atoms. The van der Waals surface area contributed by atoms with Crippen molar-refractivity contribution < 1.29 is 38.7 Å². The average molecular weight is 1360 g/mol. The number of H-pyrrole nitrogens is 3. The Balaban J connectivity index is 0.000000137. The summed E-state index contributed by atoms with van der Waals surface area (Å²) in [5.74, 6) is 1.37. The molecular formula is C81H77N13O8. The molecular weight excluding hydrogens is 1280 g/mol. The smallest absolute Gasteiger partial charge is 0.248 e. The molecule has 2 amide bonds. The Labute approximate surface area is 590 Å². The van der Waals surface area contributed by atoms with Crippen molar-refractivity contribution in [3.63, 3.8) is 0 Å². The summed E-state index contributed by atoms with van der Waals surface area (Å²) in [6.07, 6.45) is 10.6. The number of nitrogens with one attached hydrogen (secondary N) is 4. The number of pyridine rings is 3. The van der Waals surface area contributed by atoms with Crippen molar-refractivity contribution in [3.05, 3.63) is 204 Å². The monoisotopic (exact) mass is 1360 g/mol. The van der Waals surface area contributed by atoms with Crippen molar-refractivity contribution in [3.8, 4) is 91.4 Å². The van der Waals surface area contributed by atoms with Crippen molar-refractivity contribution in [2.24, 2.45) is 5.73 Å². The normalized spacial score (nSPS) is 15.9. The Morgan fingerprint density at radius 2 is 1.08 bits per heavy atom. The number of nitriles is 3. The van der Waals surface area contributed by atoms with E-state index >= 15 is 0 Å². The molecule has 11 aromatic rings. The van der Waals surface area contributed by atoms with Crippen molar-refractivity contribution in [2.75, 3.05) is 65.6 Å². The lowest BCUT2D eigenvalue weighted by atomic mass is 9.96. The molecule has 6 aromatic heterocycles. The van der Waals surface area contributed by atoms with E-state index in [-0.39, 0.29) is 36.7 Å². The van der Waals surface area contributed by atoms with Gasteiger partial charge in [-0.3, -0.25) is 9.59 Å². The number of carbonyl (C=O) groups is 2. The predicted molar refractivity (Wildman–Crippen MR) is 392 cm³/mol. The molecule has 10 heterocycles. The van der Waals surface area contributed by atoms with Crippen LogP contribution in [0.3, 0.4) is 0 Å². The fourth-order valence-electron chi connectivity index (χ4n) is 13.3. The highest BCUT2D eigenvalue weighted by molar-refractivity contribution is 5.99. The number of nitrogens with two attached hydrogens (primary N) is 1. The van der Waals surface area contributed by atoms with Crippen molar-refractivity contribution in [1.29, 1.82) is 15.8 Å². The molecule has 0 spiro atoms. The van der Waals surface area contributed by atoms with Gasteiger partial charge < -0.3 is 65.0 Å². The molecule has 8 N–H and O–H groups in total. The third-order valence-corrected chi connectivity index (χ3v) is 18.9. The molecule has 3 fully saturated rings. The number of allylic oxidation sites excluding steroid dienone is 1. The molecule has 21 heteroatoms. The van der Waals surface area contributed by atoms with E-state index in [0.717, 1.165) is 149 Å². The lowest BCUT2D eigenvalue weighted by Gasteiger charge is -2.23. The highest BCUT2D eigenvalue weighted by Crippen LogP contribution is 2.39. The van der Waals surface area contributed by atoms with Crippen LogP contribution >= 0.6 is 0 Å². The van der Waals surface area contributed by atoms with E-state index in [4.69, 9.17) is 29.8 Å². The van der Waals surface area contributed by atoms with Crippen LogP contribution in [0.15, 0.2) is 171 Å². The summed E-state index contributed by atoms with van der Waals surface area (Å²) in [4.78, 5) is 50.6. The first-order valence-electron chi connectivity index (χ1n) is 34.1. The van der Waals surface area contributed by atoms with Crippen molar-refractivity contribution in [1.82, 2.24) is 45.0 Å². The van der Waals surface area contributed by atoms with Gasteiger partial charge in [-0.25, -0.2) is 15.0 Å². The summed E-state index contributed by atoms with van der Waals surface area (Å²) in [5.41, 5.74) is 22.9. The van der Waals surface area contributed by atoms with Gasteiger partial charge in [-0.1, -0.05) is 85.0 Å². The van der Waals surface area contributed by atoms with Crippen LogP contribution in [0.4, 0.5) is 0 Å². The Bertz CT molecular complexity index is 5110. The van der Waals surface area contributed by atoms with E-state index in [1.165, 1.54) is 0 Å². The number of aliphatic hydroxyl groups is 2. The molecule has 15 rings (SSSR count). The third-order valence-electron chi connectivity index (χ3n) is 18.9. The summed E-state index contributed by atoms with van der Waals surface area (Å²) in [5, 5.41) is 54.8. The first kappa shape index (κ1) is 68.8. The lowest BCUT2D eigenvalue weighted by Crippen LogP contribution is -2.35. The number of ether oxygens (including phenoxy) is 4. The Morgan fingerprint density at radius 3 is 1.54 bits per heavy atom.